The van der Waals surface area contributed by atoms with E-state index < -0.39 is 58.4 Å². The van der Waals surface area contributed by atoms with E-state index in [1.165, 1.54) is 81.8 Å². The SMILES string of the molecule is CCN(Cc1cc[n+](CC2=C(C(=O)O)N3C(=O)C(NC(=O)/C(=N\OC)c4csc(N)n4)C3SC2)cc1)C(=O)CSCCSCC(=O)N(CC)c1ccc[n+](CC2=C(C(=O)O)N3C(=O)C(NC(=O)/C(=N/OC)c4csc(N)n4)C3SC2)c1. The first-order valence-electron chi connectivity index (χ1n) is 24.7. The summed E-state index contributed by atoms with van der Waals surface area (Å²) < 4.78 is 3.56. The number of hydrogen-bond donors (Lipinski definition) is 6. The van der Waals surface area contributed by atoms with Gasteiger partial charge in [0.25, 0.3) is 23.6 Å². The number of nitrogens with one attached hydrogen (secondary N) is 2. The van der Waals surface area contributed by atoms with Crippen molar-refractivity contribution in [3.05, 3.63) is 99.3 Å². The van der Waals surface area contributed by atoms with Crippen LogP contribution >= 0.6 is 69.7 Å². The predicted octanol–water partition coefficient (Wildman–Crippen LogP) is 0.786. The van der Waals surface area contributed by atoms with Crippen molar-refractivity contribution in [2.24, 2.45) is 10.3 Å². The van der Waals surface area contributed by atoms with Gasteiger partial charge in [-0.15, -0.1) is 46.2 Å². The standard InChI is InChI=1S/C49H54N14O12S6/c1-5-60(16-26-9-12-58(13-10-26)17-27-20-78-44-36(42(68)62(44)38(27)46(70)71)54-40(66)34(56-74-3)30-22-80-48(50)52-30)32(64)24-76-14-15-77-25-33(65)61(6-2)29-8-7-11-59(19-29)18-28-21-79-45-37(43(69)63(45)39(28)47(72)73)55-41(67)35(57-75-4)31-23-81-49(51)53-31/h7-13,19,22-23,36-37,44-45H,5-6,14-18,20-21,24-25H2,1-4H3,(H6-2,50,51,52,53,54,55,66,67,70,71,72,73)/p+2/b56-34-,57-35+. The number of carboxylic acid groups (broad SMARTS) is 2. The second-order valence-electron chi connectivity index (χ2n) is 17.9. The number of β-lactam (4-membered cyclic amide) rings is 2. The molecular formula is C49H56N14O12S6+2. The molecular weight excluding hydrogens is 1170 g/mol. The number of pyridine rings is 2. The van der Waals surface area contributed by atoms with Crippen LogP contribution in [0.3, 0.4) is 0 Å². The van der Waals surface area contributed by atoms with E-state index in [0.717, 1.165) is 28.2 Å². The number of thiazole rings is 2. The minimum absolute atomic E-state index is 0.0482. The number of amides is 6. The van der Waals surface area contributed by atoms with Crippen LogP contribution in [-0.2, 0) is 67.7 Å². The van der Waals surface area contributed by atoms with E-state index in [0.29, 0.717) is 48.0 Å². The Kier molecular flexibility index (Phi) is 20.0. The van der Waals surface area contributed by atoms with Crippen molar-refractivity contribution >= 4 is 144 Å². The molecule has 0 bridgehead atoms. The van der Waals surface area contributed by atoms with Gasteiger partial charge < -0.3 is 51.8 Å². The van der Waals surface area contributed by atoms with E-state index in [-0.39, 0.29) is 92.4 Å². The van der Waals surface area contributed by atoms with Crippen molar-refractivity contribution in [1.29, 1.82) is 0 Å². The molecule has 4 aliphatic heterocycles. The van der Waals surface area contributed by atoms with Crippen molar-refractivity contribution in [1.82, 2.24) is 35.3 Å². The monoisotopic (exact) mass is 1220 g/mol. The normalized spacial score (nSPS) is 18.8. The van der Waals surface area contributed by atoms with Crippen molar-refractivity contribution in [2.45, 2.75) is 56.3 Å². The first-order chi connectivity index (χ1) is 39.0. The highest BCUT2D eigenvalue weighted by Gasteiger charge is 2.56. The number of aliphatic carboxylic acids is 2. The topological polar surface area (TPSA) is 343 Å². The van der Waals surface area contributed by atoms with E-state index in [1.54, 1.807) is 55.9 Å². The van der Waals surface area contributed by atoms with E-state index in [4.69, 9.17) is 21.1 Å². The lowest BCUT2D eigenvalue weighted by atomic mass is 10.0. The fourth-order valence-corrected chi connectivity index (χ4v) is 14.7. The van der Waals surface area contributed by atoms with Gasteiger partial charge in [0, 0.05) is 82.8 Å². The number of fused-ring (bicyclic) bond motifs is 2. The Labute approximate surface area is 488 Å². The Bertz CT molecular complexity index is 3240. The van der Waals surface area contributed by atoms with Crippen LogP contribution in [0.2, 0.25) is 0 Å². The molecule has 0 spiro atoms. The number of nitrogens with zero attached hydrogens (tertiary/aromatic N) is 10. The first-order valence-corrected chi connectivity index (χ1v) is 30.9. The molecule has 428 valence electrons. The second kappa shape index (κ2) is 27.0. The van der Waals surface area contributed by atoms with Crippen molar-refractivity contribution in [2.75, 3.05) is 78.2 Å². The van der Waals surface area contributed by atoms with Gasteiger partial charge >= 0.3 is 11.9 Å². The molecule has 4 unspecified atom stereocenters. The molecule has 0 aromatic carbocycles. The average Bonchev–Trinajstić information content (AvgIpc) is 4.25. The quantitative estimate of drug-likeness (QED) is 0.0166. The van der Waals surface area contributed by atoms with Gasteiger partial charge in [0.05, 0.1) is 11.5 Å². The Morgan fingerprint density at radius 1 is 0.741 bits per heavy atom. The van der Waals surface area contributed by atoms with Crippen LogP contribution in [0.5, 0.6) is 0 Å². The summed E-state index contributed by atoms with van der Waals surface area (Å²) in [5.74, 6) is -3.15. The van der Waals surface area contributed by atoms with E-state index in [9.17, 15) is 48.6 Å². The summed E-state index contributed by atoms with van der Waals surface area (Å²) in [6.45, 7) is 5.26. The Morgan fingerprint density at radius 2 is 1.23 bits per heavy atom. The number of oxime groups is 2. The molecule has 2 saturated heterocycles. The maximum absolute atomic E-state index is 13.5. The second-order valence-corrected chi connectivity index (χ2v) is 24.1. The molecule has 32 heteroatoms. The number of nitrogens with two attached hydrogens (primary N) is 2. The molecule has 6 amide bonds. The lowest BCUT2D eigenvalue weighted by molar-refractivity contribution is -0.689. The molecule has 2 fully saturated rings. The third kappa shape index (κ3) is 13.6. The van der Waals surface area contributed by atoms with Gasteiger partial charge in [0.15, 0.2) is 59.6 Å². The minimum atomic E-state index is -1.29. The van der Waals surface area contributed by atoms with Gasteiger partial charge in [-0.05, 0) is 25.5 Å². The molecule has 26 nitrogen and oxygen atoms in total. The molecule has 4 atom stereocenters. The number of aromatic nitrogens is 4. The van der Waals surface area contributed by atoms with Crippen molar-refractivity contribution in [3.63, 3.8) is 0 Å². The summed E-state index contributed by atoms with van der Waals surface area (Å²) in [7, 11) is 2.52. The van der Waals surface area contributed by atoms with Gasteiger partial charge in [0.1, 0.15) is 65.5 Å². The van der Waals surface area contributed by atoms with Crippen LogP contribution in [-0.4, -0.2) is 178 Å². The summed E-state index contributed by atoms with van der Waals surface area (Å²) in [6, 6.07) is 5.24. The van der Waals surface area contributed by atoms with Gasteiger partial charge in [-0.3, -0.25) is 38.6 Å². The minimum Gasteiger partial charge on any atom is -0.477 e. The number of carboxylic acids is 2. The lowest BCUT2D eigenvalue weighted by Gasteiger charge is -2.49. The molecule has 4 aliphatic rings. The third-order valence-electron chi connectivity index (χ3n) is 12.8. The summed E-state index contributed by atoms with van der Waals surface area (Å²) in [5.41, 5.74) is 13.6. The Morgan fingerprint density at radius 3 is 1.68 bits per heavy atom. The average molecular weight is 1230 g/mol. The number of carbonyl (C=O) groups is 8. The zero-order chi connectivity index (χ0) is 58.1. The van der Waals surface area contributed by atoms with Crippen LogP contribution in [0.25, 0.3) is 0 Å². The maximum Gasteiger partial charge on any atom is 0.352 e. The molecule has 4 aromatic rings. The number of thioether (sulfide) groups is 4. The molecule has 8 N–H and O–H groups in total. The van der Waals surface area contributed by atoms with Gasteiger partial charge in [0.2, 0.25) is 11.8 Å². The highest BCUT2D eigenvalue weighted by atomic mass is 32.2. The summed E-state index contributed by atoms with van der Waals surface area (Å²) in [6.07, 6.45) is 7.09. The molecule has 4 aromatic heterocycles. The fraction of sp³-hybridized carbons (Fsp3) is 0.388. The molecule has 0 saturated carbocycles. The van der Waals surface area contributed by atoms with E-state index in [2.05, 4.69) is 30.9 Å². The van der Waals surface area contributed by atoms with Crippen LogP contribution in [0.15, 0.2) is 92.7 Å². The largest absolute Gasteiger partial charge is 0.477 e. The van der Waals surface area contributed by atoms with Crippen LogP contribution in [0.4, 0.5) is 16.0 Å². The molecule has 81 heavy (non-hydrogen) atoms. The number of nitrogen functional groups attached to an aromatic ring is 2. The summed E-state index contributed by atoms with van der Waals surface area (Å²) in [5, 5.41) is 35.5. The highest BCUT2D eigenvalue weighted by Crippen LogP contribution is 2.42. The molecule has 0 aliphatic carbocycles. The predicted molar refractivity (Wildman–Crippen MR) is 307 cm³/mol. The van der Waals surface area contributed by atoms with Crippen LogP contribution in [0, 0.1) is 0 Å². The van der Waals surface area contributed by atoms with Gasteiger partial charge in [-0.1, -0.05) is 10.3 Å². The van der Waals surface area contributed by atoms with E-state index in [1.807, 2.05) is 26.0 Å². The smallest absolute Gasteiger partial charge is 0.352 e. The number of carbonyl (C=O) groups excluding carboxylic acids is 6. The summed E-state index contributed by atoms with van der Waals surface area (Å²) in [4.78, 5) is 129. The highest BCUT2D eigenvalue weighted by molar-refractivity contribution is 8.03. The first kappa shape index (κ1) is 59.9. The van der Waals surface area contributed by atoms with Crippen molar-refractivity contribution < 1.29 is 67.4 Å². The fourth-order valence-electron chi connectivity index (χ4n) is 9.02. The van der Waals surface area contributed by atoms with Gasteiger partial charge in [-0.2, -0.15) is 28.1 Å². The Hall–Kier alpha value is -7.26. The number of hydrogen-bond acceptors (Lipinski definition) is 22. The van der Waals surface area contributed by atoms with Crippen LogP contribution in [0.1, 0.15) is 30.8 Å². The number of rotatable bonds is 26. The molecule has 0 radical (unpaired) electrons. The third-order valence-corrected chi connectivity index (χ3v) is 19.0. The summed E-state index contributed by atoms with van der Waals surface area (Å²) >= 11 is 7.77. The van der Waals surface area contributed by atoms with Gasteiger partial charge in [-0.25, -0.2) is 24.1 Å². The Balaban J connectivity index is 0.773. The molecule has 8 heterocycles. The van der Waals surface area contributed by atoms with Crippen molar-refractivity contribution in [3.8, 4) is 0 Å². The van der Waals surface area contributed by atoms with Crippen LogP contribution < -0.4 is 36.1 Å². The zero-order valence-corrected chi connectivity index (χ0v) is 48.8. The lowest BCUT2D eigenvalue weighted by Crippen LogP contribution is -2.71. The zero-order valence-electron chi connectivity index (χ0n) is 43.9. The van der Waals surface area contributed by atoms with E-state index >= 15 is 0 Å². The molecule has 8 rings (SSSR count). The maximum atomic E-state index is 13.5. The number of anilines is 3.